The summed E-state index contributed by atoms with van der Waals surface area (Å²) in [5.74, 6) is 0.427. The normalized spacial score (nSPS) is 12.4. The van der Waals surface area contributed by atoms with Crippen molar-refractivity contribution >= 4 is 29.0 Å². The number of nitrogens with zero attached hydrogens (tertiary/aromatic N) is 8. The summed E-state index contributed by atoms with van der Waals surface area (Å²) in [4.78, 5) is 17.6. The lowest BCUT2D eigenvalue weighted by Crippen LogP contribution is -2.28. The summed E-state index contributed by atoms with van der Waals surface area (Å²) in [5, 5.41) is 17.4. The molecule has 0 aliphatic heterocycles. The molecule has 0 unspecified atom stereocenters. The van der Waals surface area contributed by atoms with Gasteiger partial charge in [-0.05, 0) is 5.41 Å². The number of hydrogen-bond acceptors (Lipinski definition) is 6. The predicted octanol–water partition coefficient (Wildman–Crippen LogP) is 4.29. The monoisotopic (exact) mass is 399 g/mol. The van der Waals surface area contributed by atoms with Crippen LogP contribution in [0.15, 0.2) is 10.2 Å². The molecule has 29 heavy (non-hydrogen) atoms. The summed E-state index contributed by atoms with van der Waals surface area (Å²) < 4.78 is 2.65. The molecule has 10 nitrogen and oxygen atoms in total. The average Bonchev–Trinajstić information content (AvgIpc) is 3.10. The summed E-state index contributed by atoms with van der Waals surface area (Å²) in [5.41, 5.74) is 7.13. The third-order valence-corrected chi connectivity index (χ3v) is 4.24. The van der Waals surface area contributed by atoms with Crippen LogP contribution in [-0.4, -0.2) is 44.6 Å². The number of hydrogen-bond donors (Lipinski definition) is 1. The van der Waals surface area contributed by atoms with Gasteiger partial charge in [0, 0.05) is 26.6 Å². The number of aryl methyl sites for hydroxylation is 1. The van der Waals surface area contributed by atoms with Gasteiger partial charge >= 0.3 is 6.03 Å². The molecule has 0 aliphatic rings. The molecule has 0 radical (unpaired) electrons. The number of amides is 1. The second-order valence-corrected chi connectivity index (χ2v) is 9.13. The molecule has 0 bridgehead atoms. The van der Waals surface area contributed by atoms with Crippen molar-refractivity contribution in [1.82, 2.24) is 24.5 Å². The van der Waals surface area contributed by atoms with E-state index in [0.29, 0.717) is 22.9 Å². The first-order valence-electron chi connectivity index (χ1n) is 9.17. The topological polar surface area (TPSA) is 111 Å². The number of anilines is 1. The SMILES string of the molecule is [C-]#[N+]c1c(C(C)(C)C)nn(C(=O)N(C)C)c1N=Nc1c(C(C)(C)C)nn(C)c1N. The van der Waals surface area contributed by atoms with E-state index in [1.807, 2.05) is 41.5 Å². The zero-order valence-electron chi connectivity index (χ0n) is 18.6. The largest absolute Gasteiger partial charge is 0.382 e. The molecule has 0 aliphatic carbocycles. The Kier molecular flexibility index (Phi) is 5.56. The summed E-state index contributed by atoms with van der Waals surface area (Å²) in [7, 11) is 4.94. The fourth-order valence-corrected chi connectivity index (χ4v) is 2.65. The molecule has 0 fully saturated rings. The Morgan fingerprint density at radius 3 is 2.07 bits per heavy atom. The van der Waals surface area contributed by atoms with Crippen LogP contribution in [-0.2, 0) is 17.9 Å². The molecule has 156 valence electrons. The van der Waals surface area contributed by atoms with Gasteiger partial charge in [-0.2, -0.15) is 14.9 Å². The minimum Gasteiger partial charge on any atom is -0.382 e. The smallest absolute Gasteiger partial charge is 0.344 e. The third-order valence-electron chi connectivity index (χ3n) is 4.24. The summed E-state index contributed by atoms with van der Waals surface area (Å²) in [6.07, 6.45) is 0. The van der Waals surface area contributed by atoms with Gasteiger partial charge in [0.25, 0.3) is 5.69 Å². The first-order valence-corrected chi connectivity index (χ1v) is 9.17. The second-order valence-electron chi connectivity index (χ2n) is 9.13. The zero-order chi connectivity index (χ0) is 22.3. The molecule has 2 aromatic heterocycles. The lowest BCUT2D eigenvalue weighted by atomic mass is 9.91. The van der Waals surface area contributed by atoms with Crippen molar-refractivity contribution in [2.24, 2.45) is 17.3 Å². The Hall–Kier alpha value is -3.22. The number of aromatic nitrogens is 4. The van der Waals surface area contributed by atoms with E-state index < -0.39 is 11.4 Å². The van der Waals surface area contributed by atoms with Crippen LogP contribution in [0.1, 0.15) is 52.9 Å². The van der Waals surface area contributed by atoms with Gasteiger partial charge < -0.3 is 10.6 Å². The molecule has 2 rings (SSSR count). The summed E-state index contributed by atoms with van der Waals surface area (Å²) in [6, 6.07) is -0.422. The lowest BCUT2D eigenvalue weighted by Gasteiger charge is -2.15. The van der Waals surface area contributed by atoms with Gasteiger partial charge in [-0.15, -0.1) is 10.2 Å². The first-order chi connectivity index (χ1) is 13.2. The average molecular weight is 400 g/mol. The van der Waals surface area contributed by atoms with Crippen molar-refractivity contribution in [3.8, 4) is 0 Å². The Bertz CT molecular complexity index is 1000. The van der Waals surface area contributed by atoms with E-state index in [0.717, 1.165) is 4.68 Å². The Morgan fingerprint density at radius 1 is 1.07 bits per heavy atom. The highest BCUT2D eigenvalue weighted by Crippen LogP contribution is 2.41. The van der Waals surface area contributed by atoms with Crippen molar-refractivity contribution in [3.05, 3.63) is 22.8 Å². The molecular formula is C19H29N9O. The molecule has 2 N–H and O–H groups in total. The van der Waals surface area contributed by atoms with Crippen LogP contribution >= 0.6 is 0 Å². The number of carbonyl (C=O) groups excluding carboxylic acids is 1. The van der Waals surface area contributed by atoms with Crippen molar-refractivity contribution in [1.29, 1.82) is 0 Å². The van der Waals surface area contributed by atoms with Gasteiger partial charge in [-0.25, -0.2) is 9.64 Å². The fourth-order valence-electron chi connectivity index (χ4n) is 2.65. The molecule has 2 aromatic rings. The fraction of sp³-hybridized carbons (Fsp3) is 0.579. The first kappa shape index (κ1) is 22.1. The van der Waals surface area contributed by atoms with E-state index in [1.165, 1.54) is 9.58 Å². The van der Waals surface area contributed by atoms with E-state index in [2.05, 4.69) is 25.3 Å². The van der Waals surface area contributed by atoms with E-state index >= 15 is 0 Å². The number of rotatable bonds is 2. The Labute approximate surface area is 171 Å². The molecule has 1 amide bonds. The maximum atomic E-state index is 12.7. The molecule has 0 saturated heterocycles. The van der Waals surface area contributed by atoms with Crippen molar-refractivity contribution in [3.63, 3.8) is 0 Å². The molecule has 10 heteroatoms. The number of carbonyl (C=O) groups is 1. The second kappa shape index (κ2) is 7.31. The van der Waals surface area contributed by atoms with Gasteiger partial charge in [0.1, 0.15) is 5.82 Å². The molecule has 2 heterocycles. The van der Waals surface area contributed by atoms with Crippen LogP contribution in [0, 0.1) is 6.57 Å². The van der Waals surface area contributed by atoms with Crippen molar-refractivity contribution in [2.45, 2.75) is 52.4 Å². The van der Waals surface area contributed by atoms with Gasteiger partial charge in [0.05, 0.1) is 18.0 Å². The van der Waals surface area contributed by atoms with Gasteiger partial charge in [0.2, 0.25) is 0 Å². The van der Waals surface area contributed by atoms with Crippen LogP contribution in [0.2, 0.25) is 0 Å². The van der Waals surface area contributed by atoms with Crippen molar-refractivity contribution < 1.29 is 4.79 Å². The van der Waals surface area contributed by atoms with E-state index in [1.54, 1.807) is 21.1 Å². The maximum absolute atomic E-state index is 12.7. The van der Waals surface area contributed by atoms with E-state index in [4.69, 9.17) is 12.3 Å². The highest BCUT2D eigenvalue weighted by Gasteiger charge is 2.31. The Morgan fingerprint density at radius 2 is 1.62 bits per heavy atom. The summed E-state index contributed by atoms with van der Waals surface area (Å²) in [6.45, 7) is 19.4. The minimum absolute atomic E-state index is 0.0757. The zero-order valence-corrected chi connectivity index (χ0v) is 18.6. The van der Waals surface area contributed by atoms with Crippen LogP contribution in [0.5, 0.6) is 0 Å². The van der Waals surface area contributed by atoms with E-state index in [-0.39, 0.29) is 16.9 Å². The van der Waals surface area contributed by atoms with Crippen molar-refractivity contribution in [2.75, 3.05) is 19.8 Å². The number of nitrogen functional groups attached to an aromatic ring is 1. The maximum Gasteiger partial charge on any atom is 0.344 e. The van der Waals surface area contributed by atoms with Gasteiger partial charge in [-0.1, -0.05) is 41.5 Å². The van der Waals surface area contributed by atoms with Crippen LogP contribution in [0.3, 0.4) is 0 Å². The minimum atomic E-state index is -0.452. The standard InChI is InChI=1S/C19H29N9O/c1-18(2,3)13-11(15(20)27(10)24-13)22-23-16-12(21-7)14(19(4,5)6)25-28(16)17(29)26(8)9/h20H2,1-6,8-10H3. The van der Waals surface area contributed by atoms with Crippen LogP contribution in [0.25, 0.3) is 4.85 Å². The predicted molar refractivity (Wildman–Crippen MR) is 112 cm³/mol. The number of azo groups is 1. The van der Waals surface area contributed by atoms with Gasteiger partial charge in [0.15, 0.2) is 11.5 Å². The molecule has 0 atom stereocenters. The third kappa shape index (κ3) is 4.13. The molecule has 0 aromatic carbocycles. The molecule has 0 saturated carbocycles. The van der Waals surface area contributed by atoms with E-state index in [9.17, 15) is 4.79 Å². The summed E-state index contributed by atoms with van der Waals surface area (Å²) >= 11 is 0. The van der Waals surface area contributed by atoms with Gasteiger partial charge in [-0.3, -0.25) is 4.68 Å². The highest BCUT2D eigenvalue weighted by molar-refractivity contribution is 5.83. The number of nitrogens with two attached hydrogens (primary N) is 1. The molecule has 0 spiro atoms. The van der Waals surface area contributed by atoms with Crippen LogP contribution < -0.4 is 5.73 Å². The highest BCUT2D eigenvalue weighted by atomic mass is 16.2. The lowest BCUT2D eigenvalue weighted by molar-refractivity contribution is 0.216. The molecular weight excluding hydrogens is 370 g/mol. The Balaban J connectivity index is 2.75. The van der Waals surface area contributed by atoms with Crippen LogP contribution in [0.4, 0.5) is 27.8 Å². The quantitative estimate of drug-likeness (QED) is 0.600.